The fourth-order valence-electron chi connectivity index (χ4n) is 3.30. The molecule has 0 radical (unpaired) electrons. The molecule has 0 aromatic heterocycles. The van der Waals surface area contributed by atoms with Crippen LogP contribution in [0.5, 0.6) is 5.75 Å². The number of amides is 1. The number of carbonyl (C=O) groups is 1. The van der Waals surface area contributed by atoms with Gasteiger partial charge in [0.15, 0.2) is 6.61 Å². The lowest BCUT2D eigenvalue weighted by atomic mass is 10.1. The summed E-state index contributed by atoms with van der Waals surface area (Å²) in [6.07, 6.45) is 0. The molecule has 3 rings (SSSR count). The molecule has 1 amide bonds. The summed E-state index contributed by atoms with van der Waals surface area (Å²) in [5.41, 5.74) is 2.51. The van der Waals surface area contributed by atoms with Gasteiger partial charge in [-0.05, 0) is 74.9 Å². The van der Waals surface area contributed by atoms with E-state index in [2.05, 4.69) is 21.2 Å². The number of ether oxygens (including phenoxy) is 1. The number of hydrogen-bond acceptors (Lipinski definition) is 4. The van der Waals surface area contributed by atoms with Crippen LogP contribution in [0.25, 0.3) is 0 Å². The molecule has 0 aliphatic carbocycles. The Hall–Kier alpha value is -2.84. The molecular formula is C25H27BrN2O4S. The van der Waals surface area contributed by atoms with Gasteiger partial charge in [0.25, 0.3) is 15.9 Å². The van der Waals surface area contributed by atoms with Gasteiger partial charge in [0.1, 0.15) is 5.75 Å². The lowest BCUT2D eigenvalue weighted by molar-refractivity contribution is -0.123. The van der Waals surface area contributed by atoms with E-state index < -0.39 is 10.0 Å². The minimum atomic E-state index is -3.68. The maximum atomic E-state index is 13.1. The van der Waals surface area contributed by atoms with Crippen molar-refractivity contribution in [3.8, 4) is 5.75 Å². The Bertz CT molecular complexity index is 1180. The lowest BCUT2D eigenvalue weighted by Crippen LogP contribution is -2.31. The third-order valence-electron chi connectivity index (χ3n) is 5.14. The van der Waals surface area contributed by atoms with Crippen LogP contribution in [0.4, 0.5) is 5.69 Å². The smallest absolute Gasteiger partial charge is 0.264 e. The molecule has 8 heteroatoms. The molecule has 0 bridgehead atoms. The molecule has 0 fully saturated rings. The monoisotopic (exact) mass is 530 g/mol. The van der Waals surface area contributed by atoms with Gasteiger partial charge >= 0.3 is 0 Å². The van der Waals surface area contributed by atoms with Crippen LogP contribution in [0, 0.1) is 6.92 Å². The summed E-state index contributed by atoms with van der Waals surface area (Å²) >= 11 is 3.40. The number of carbonyl (C=O) groups excluding carboxylic acids is 1. The second-order valence-electron chi connectivity index (χ2n) is 7.61. The van der Waals surface area contributed by atoms with E-state index in [1.54, 1.807) is 55.5 Å². The number of benzene rings is 3. The first kappa shape index (κ1) is 24.8. The summed E-state index contributed by atoms with van der Waals surface area (Å²) in [4.78, 5) is 12.5. The van der Waals surface area contributed by atoms with Crippen molar-refractivity contribution in [2.24, 2.45) is 0 Å². The van der Waals surface area contributed by atoms with Crippen LogP contribution in [-0.4, -0.2) is 27.5 Å². The summed E-state index contributed by atoms with van der Waals surface area (Å²) < 4.78 is 34.0. The van der Waals surface area contributed by atoms with Gasteiger partial charge < -0.3 is 10.1 Å². The van der Waals surface area contributed by atoms with Gasteiger partial charge in [0.2, 0.25) is 0 Å². The van der Waals surface area contributed by atoms with Crippen LogP contribution in [0.15, 0.2) is 82.2 Å². The van der Waals surface area contributed by atoms with E-state index in [0.29, 0.717) is 11.4 Å². The van der Waals surface area contributed by atoms with E-state index in [1.807, 2.05) is 38.1 Å². The largest absolute Gasteiger partial charge is 0.484 e. The summed E-state index contributed by atoms with van der Waals surface area (Å²) in [5.74, 6) is 0.237. The van der Waals surface area contributed by atoms with Gasteiger partial charge in [-0.3, -0.25) is 9.10 Å². The molecule has 33 heavy (non-hydrogen) atoms. The van der Waals surface area contributed by atoms with Crippen molar-refractivity contribution in [3.05, 3.63) is 88.4 Å². The predicted octanol–water partition coefficient (Wildman–Crippen LogP) is 5.23. The van der Waals surface area contributed by atoms with Crippen molar-refractivity contribution in [2.45, 2.75) is 31.7 Å². The second-order valence-corrected chi connectivity index (χ2v) is 10.4. The highest BCUT2D eigenvalue weighted by Gasteiger charge is 2.23. The van der Waals surface area contributed by atoms with Crippen LogP contribution in [0.1, 0.15) is 31.0 Å². The van der Waals surface area contributed by atoms with Crippen LogP contribution < -0.4 is 14.4 Å². The zero-order chi connectivity index (χ0) is 24.0. The van der Waals surface area contributed by atoms with Crippen LogP contribution in [0.3, 0.4) is 0 Å². The molecule has 3 aromatic carbocycles. The average Bonchev–Trinajstić information content (AvgIpc) is 2.79. The normalized spacial score (nSPS) is 12.1. The molecule has 174 valence electrons. The summed E-state index contributed by atoms with van der Waals surface area (Å²) in [7, 11) is -3.68. The third-order valence-corrected chi connectivity index (χ3v) is 7.58. The zero-order valence-corrected chi connectivity index (χ0v) is 21.2. The first-order valence-electron chi connectivity index (χ1n) is 10.6. The van der Waals surface area contributed by atoms with Gasteiger partial charge in [-0.25, -0.2) is 8.42 Å². The Morgan fingerprint density at radius 1 is 1.00 bits per heavy atom. The SMILES string of the molecule is CCN(c1ccc(OCC(=O)N[C@@H](C)c2ccc(Br)cc2)cc1)S(=O)(=O)c1ccc(C)cc1. The topological polar surface area (TPSA) is 75.7 Å². The molecule has 1 N–H and O–H groups in total. The van der Waals surface area contributed by atoms with Gasteiger partial charge in [-0.15, -0.1) is 0 Å². The molecule has 0 aliphatic heterocycles. The Balaban J connectivity index is 1.61. The Morgan fingerprint density at radius 2 is 1.61 bits per heavy atom. The van der Waals surface area contributed by atoms with Crippen molar-refractivity contribution in [1.82, 2.24) is 5.32 Å². The third kappa shape index (κ3) is 6.36. The van der Waals surface area contributed by atoms with Crippen LogP contribution in [0.2, 0.25) is 0 Å². The van der Waals surface area contributed by atoms with E-state index in [1.165, 1.54) is 4.31 Å². The Morgan fingerprint density at radius 3 is 2.18 bits per heavy atom. The van der Waals surface area contributed by atoms with Gasteiger partial charge in [-0.1, -0.05) is 45.8 Å². The predicted molar refractivity (Wildman–Crippen MR) is 134 cm³/mol. The zero-order valence-electron chi connectivity index (χ0n) is 18.8. The van der Waals surface area contributed by atoms with Gasteiger partial charge in [0, 0.05) is 11.0 Å². The second kappa shape index (κ2) is 10.9. The molecule has 0 aliphatic rings. The van der Waals surface area contributed by atoms with Gasteiger partial charge in [0.05, 0.1) is 16.6 Å². The van der Waals surface area contributed by atoms with Gasteiger partial charge in [-0.2, -0.15) is 0 Å². The fourth-order valence-corrected chi connectivity index (χ4v) is 5.04. The van der Waals surface area contributed by atoms with Crippen molar-refractivity contribution >= 4 is 37.5 Å². The highest BCUT2D eigenvalue weighted by Crippen LogP contribution is 2.26. The van der Waals surface area contributed by atoms with E-state index in [0.717, 1.165) is 15.6 Å². The van der Waals surface area contributed by atoms with Crippen molar-refractivity contribution in [1.29, 1.82) is 0 Å². The number of hydrogen-bond donors (Lipinski definition) is 1. The van der Waals surface area contributed by atoms with E-state index in [4.69, 9.17) is 4.74 Å². The standard InChI is InChI=1S/C25H27BrN2O4S/c1-4-28(33(30,31)24-15-5-18(2)6-16-24)22-11-13-23(14-12-22)32-17-25(29)27-19(3)20-7-9-21(26)10-8-20/h5-16,19H,4,17H2,1-3H3,(H,27,29)/t19-/m0/s1. The molecule has 0 spiro atoms. The van der Waals surface area contributed by atoms with Crippen LogP contribution >= 0.6 is 15.9 Å². The maximum Gasteiger partial charge on any atom is 0.264 e. The molecular weight excluding hydrogens is 504 g/mol. The highest BCUT2D eigenvalue weighted by atomic mass is 79.9. The first-order chi connectivity index (χ1) is 15.7. The molecule has 0 heterocycles. The number of anilines is 1. The highest BCUT2D eigenvalue weighted by molar-refractivity contribution is 9.10. The summed E-state index contributed by atoms with van der Waals surface area (Å²) in [5, 5.41) is 2.90. The number of halogens is 1. The number of aryl methyl sites for hydroxylation is 1. The molecule has 0 saturated heterocycles. The lowest BCUT2D eigenvalue weighted by Gasteiger charge is -2.23. The Kier molecular flexibility index (Phi) is 8.15. The Labute approximate surface area is 203 Å². The number of sulfonamides is 1. The minimum absolute atomic E-state index is 0.140. The maximum absolute atomic E-state index is 13.1. The van der Waals surface area contributed by atoms with Crippen LogP contribution in [-0.2, 0) is 14.8 Å². The molecule has 3 aromatic rings. The van der Waals surface area contributed by atoms with E-state index >= 15 is 0 Å². The minimum Gasteiger partial charge on any atom is -0.484 e. The quantitative estimate of drug-likeness (QED) is 0.411. The summed E-state index contributed by atoms with van der Waals surface area (Å²) in [6.45, 7) is 5.75. The number of nitrogens with zero attached hydrogens (tertiary/aromatic N) is 1. The van der Waals surface area contributed by atoms with Crippen molar-refractivity contribution in [2.75, 3.05) is 17.5 Å². The molecule has 6 nitrogen and oxygen atoms in total. The number of nitrogens with one attached hydrogen (secondary N) is 1. The number of rotatable bonds is 9. The first-order valence-corrected chi connectivity index (χ1v) is 12.8. The molecule has 0 saturated carbocycles. The van der Waals surface area contributed by atoms with E-state index in [9.17, 15) is 13.2 Å². The van der Waals surface area contributed by atoms with Crippen molar-refractivity contribution < 1.29 is 17.9 Å². The van der Waals surface area contributed by atoms with Crippen molar-refractivity contribution in [3.63, 3.8) is 0 Å². The fraction of sp³-hybridized carbons (Fsp3) is 0.240. The average molecular weight is 531 g/mol. The van der Waals surface area contributed by atoms with E-state index in [-0.39, 0.29) is 30.0 Å². The molecule has 0 unspecified atom stereocenters. The summed E-state index contributed by atoms with van der Waals surface area (Å²) in [6, 6.07) is 21.0. The molecule has 1 atom stereocenters.